The van der Waals surface area contributed by atoms with Gasteiger partial charge >= 0.3 is 0 Å². The highest BCUT2D eigenvalue weighted by Crippen LogP contribution is 2.23. The number of hydrogen-bond donors (Lipinski definition) is 1. The topological polar surface area (TPSA) is 29.5 Å². The van der Waals surface area contributed by atoms with E-state index < -0.39 is 5.60 Å². The summed E-state index contributed by atoms with van der Waals surface area (Å²) in [5, 5.41) is 9.59. The second-order valence-electron chi connectivity index (χ2n) is 5.12. The number of benzene rings is 1. The summed E-state index contributed by atoms with van der Waals surface area (Å²) in [7, 11) is 0. The zero-order chi connectivity index (χ0) is 12.3. The van der Waals surface area contributed by atoms with Crippen LogP contribution >= 0.6 is 0 Å². The SMILES string of the molecule is Cc1cc(C)c(C)c(OCCC(C)(C)O)c1. The quantitative estimate of drug-likeness (QED) is 0.848. The predicted molar refractivity (Wildman–Crippen MR) is 67.1 cm³/mol. The van der Waals surface area contributed by atoms with Crippen LogP contribution < -0.4 is 4.74 Å². The fraction of sp³-hybridized carbons (Fsp3) is 0.571. The first-order valence-electron chi connectivity index (χ1n) is 5.72. The van der Waals surface area contributed by atoms with Crippen molar-refractivity contribution < 1.29 is 9.84 Å². The molecule has 1 rings (SSSR count). The Morgan fingerprint density at radius 1 is 1.19 bits per heavy atom. The van der Waals surface area contributed by atoms with Gasteiger partial charge in [-0.15, -0.1) is 0 Å². The highest BCUT2D eigenvalue weighted by atomic mass is 16.5. The first kappa shape index (κ1) is 13.0. The molecule has 0 atom stereocenters. The van der Waals surface area contributed by atoms with Gasteiger partial charge < -0.3 is 9.84 Å². The molecule has 16 heavy (non-hydrogen) atoms. The summed E-state index contributed by atoms with van der Waals surface area (Å²) >= 11 is 0. The summed E-state index contributed by atoms with van der Waals surface area (Å²) in [4.78, 5) is 0. The molecule has 0 unspecified atom stereocenters. The van der Waals surface area contributed by atoms with Crippen molar-refractivity contribution in [1.29, 1.82) is 0 Å². The van der Waals surface area contributed by atoms with Crippen LogP contribution in [0.2, 0.25) is 0 Å². The van der Waals surface area contributed by atoms with Crippen LogP contribution in [-0.4, -0.2) is 17.3 Å². The van der Waals surface area contributed by atoms with Gasteiger partial charge in [-0.3, -0.25) is 0 Å². The number of rotatable bonds is 4. The second kappa shape index (κ2) is 4.88. The minimum absolute atomic E-state index is 0.549. The Labute approximate surface area is 98.3 Å². The van der Waals surface area contributed by atoms with Gasteiger partial charge in [0.25, 0.3) is 0 Å². The lowest BCUT2D eigenvalue weighted by atomic mass is 10.1. The Morgan fingerprint density at radius 3 is 2.38 bits per heavy atom. The number of hydrogen-bond acceptors (Lipinski definition) is 2. The van der Waals surface area contributed by atoms with Gasteiger partial charge in [-0.2, -0.15) is 0 Å². The van der Waals surface area contributed by atoms with Gasteiger partial charge in [0.15, 0.2) is 0 Å². The molecule has 0 amide bonds. The van der Waals surface area contributed by atoms with Crippen LogP contribution in [0.5, 0.6) is 5.75 Å². The largest absolute Gasteiger partial charge is 0.493 e. The van der Waals surface area contributed by atoms with E-state index in [0.29, 0.717) is 13.0 Å². The molecule has 0 spiro atoms. The van der Waals surface area contributed by atoms with Gasteiger partial charge in [0.1, 0.15) is 5.75 Å². The summed E-state index contributed by atoms with van der Waals surface area (Å²) in [6.07, 6.45) is 0.638. The number of ether oxygens (including phenoxy) is 1. The van der Waals surface area contributed by atoms with Gasteiger partial charge in [0, 0.05) is 6.42 Å². The van der Waals surface area contributed by atoms with Crippen LogP contribution in [0, 0.1) is 20.8 Å². The molecule has 0 heterocycles. The van der Waals surface area contributed by atoms with Crippen molar-refractivity contribution in [1.82, 2.24) is 0 Å². The van der Waals surface area contributed by atoms with Crippen LogP contribution in [0.25, 0.3) is 0 Å². The van der Waals surface area contributed by atoms with Gasteiger partial charge in [0.05, 0.1) is 12.2 Å². The lowest BCUT2D eigenvalue weighted by Gasteiger charge is -2.18. The fourth-order valence-corrected chi connectivity index (χ4v) is 1.56. The molecule has 90 valence electrons. The lowest BCUT2D eigenvalue weighted by Crippen LogP contribution is -2.22. The summed E-state index contributed by atoms with van der Waals surface area (Å²) in [5.41, 5.74) is 2.98. The zero-order valence-corrected chi connectivity index (χ0v) is 10.9. The average Bonchev–Trinajstić information content (AvgIpc) is 2.11. The standard InChI is InChI=1S/C14H22O2/c1-10-8-11(2)12(3)13(9-10)16-7-6-14(4,5)15/h8-9,15H,6-7H2,1-5H3. The third kappa shape index (κ3) is 3.86. The normalized spacial score (nSPS) is 11.6. The Kier molecular flexibility index (Phi) is 3.98. The molecule has 0 saturated carbocycles. The van der Waals surface area contributed by atoms with E-state index in [1.807, 2.05) is 6.07 Å². The van der Waals surface area contributed by atoms with Gasteiger partial charge in [-0.05, 0) is 57.4 Å². The predicted octanol–water partition coefficient (Wildman–Crippen LogP) is 3.15. The highest BCUT2D eigenvalue weighted by Gasteiger charge is 2.12. The van der Waals surface area contributed by atoms with Crippen molar-refractivity contribution in [2.45, 2.75) is 46.6 Å². The average molecular weight is 222 g/mol. The van der Waals surface area contributed by atoms with Crippen molar-refractivity contribution in [2.75, 3.05) is 6.61 Å². The van der Waals surface area contributed by atoms with E-state index in [4.69, 9.17) is 4.74 Å². The molecule has 2 heteroatoms. The molecular weight excluding hydrogens is 200 g/mol. The summed E-state index contributed by atoms with van der Waals surface area (Å²) in [5.74, 6) is 0.932. The molecule has 0 saturated heterocycles. The van der Waals surface area contributed by atoms with E-state index in [1.165, 1.54) is 16.7 Å². The Morgan fingerprint density at radius 2 is 1.81 bits per heavy atom. The molecule has 1 aromatic rings. The summed E-state index contributed by atoms with van der Waals surface area (Å²) in [6.45, 7) is 10.4. The Bertz CT molecular complexity index is 362. The van der Waals surface area contributed by atoms with Crippen LogP contribution in [0.3, 0.4) is 0 Å². The molecule has 1 aromatic carbocycles. The molecule has 1 N–H and O–H groups in total. The third-order valence-corrected chi connectivity index (χ3v) is 2.74. The van der Waals surface area contributed by atoms with Crippen molar-refractivity contribution in [3.63, 3.8) is 0 Å². The van der Waals surface area contributed by atoms with E-state index in [0.717, 1.165) is 5.75 Å². The molecule has 2 nitrogen and oxygen atoms in total. The first-order chi connectivity index (χ1) is 7.29. The molecule has 0 aliphatic carbocycles. The minimum atomic E-state index is -0.660. The monoisotopic (exact) mass is 222 g/mol. The van der Waals surface area contributed by atoms with Gasteiger partial charge in [-0.1, -0.05) is 6.07 Å². The molecule has 0 aliphatic heterocycles. The van der Waals surface area contributed by atoms with Crippen LogP contribution in [0.1, 0.15) is 37.0 Å². The number of aliphatic hydroxyl groups is 1. The maximum absolute atomic E-state index is 9.59. The number of aryl methyl sites for hydroxylation is 2. The lowest BCUT2D eigenvalue weighted by molar-refractivity contribution is 0.0552. The molecule has 0 radical (unpaired) electrons. The maximum atomic E-state index is 9.59. The van der Waals surface area contributed by atoms with Crippen molar-refractivity contribution in [3.05, 3.63) is 28.8 Å². The van der Waals surface area contributed by atoms with Crippen LogP contribution in [0.4, 0.5) is 0 Å². The molecular formula is C14H22O2. The zero-order valence-electron chi connectivity index (χ0n) is 10.9. The van der Waals surface area contributed by atoms with Crippen molar-refractivity contribution >= 4 is 0 Å². The third-order valence-electron chi connectivity index (χ3n) is 2.74. The fourth-order valence-electron chi connectivity index (χ4n) is 1.56. The van der Waals surface area contributed by atoms with Crippen molar-refractivity contribution in [2.24, 2.45) is 0 Å². The van der Waals surface area contributed by atoms with E-state index in [-0.39, 0.29) is 0 Å². The molecule has 0 fully saturated rings. The smallest absolute Gasteiger partial charge is 0.122 e. The van der Waals surface area contributed by atoms with E-state index in [2.05, 4.69) is 26.8 Å². The molecule has 0 aromatic heterocycles. The van der Waals surface area contributed by atoms with Crippen LogP contribution in [0.15, 0.2) is 12.1 Å². The van der Waals surface area contributed by atoms with E-state index in [1.54, 1.807) is 13.8 Å². The highest BCUT2D eigenvalue weighted by molar-refractivity contribution is 5.41. The summed E-state index contributed by atoms with van der Waals surface area (Å²) in [6, 6.07) is 4.20. The Hall–Kier alpha value is -1.02. The second-order valence-corrected chi connectivity index (χ2v) is 5.12. The van der Waals surface area contributed by atoms with Crippen LogP contribution in [-0.2, 0) is 0 Å². The minimum Gasteiger partial charge on any atom is -0.493 e. The van der Waals surface area contributed by atoms with Gasteiger partial charge in [0.2, 0.25) is 0 Å². The van der Waals surface area contributed by atoms with E-state index >= 15 is 0 Å². The van der Waals surface area contributed by atoms with Gasteiger partial charge in [-0.25, -0.2) is 0 Å². The molecule has 0 aliphatic rings. The first-order valence-corrected chi connectivity index (χ1v) is 5.72. The Balaban J connectivity index is 2.67. The van der Waals surface area contributed by atoms with Crippen molar-refractivity contribution in [3.8, 4) is 5.75 Å². The van der Waals surface area contributed by atoms with E-state index in [9.17, 15) is 5.11 Å². The maximum Gasteiger partial charge on any atom is 0.122 e. The summed E-state index contributed by atoms with van der Waals surface area (Å²) < 4.78 is 5.71. The molecule has 0 bridgehead atoms.